The van der Waals surface area contributed by atoms with Crippen molar-refractivity contribution in [2.24, 2.45) is 0 Å². The van der Waals surface area contributed by atoms with E-state index in [1.165, 1.54) is 7.11 Å². The van der Waals surface area contributed by atoms with Crippen LogP contribution in [0, 0.1) is 0 Å². The molecule has 28 heavy (non-hydrogen) atoms. The molecule has 10 heteroatoms. The molecule has 0 unspecified atom stereocenters. The van der Waals surface area contributed by atoms with Gasteiger partial charge >= 0.3 is 5.51 Å². The van der Waals surface area contributed by atoms with E-state index in [2.05, 4.69) is 10.6 Å². The van der Waals surface area contributed by atoms with Gasteiger partial charge in [-0.05, 0) is 30.2 Å². The van der Waals surface area contributed by atoms with Crippen LogP contribution in [0.2, 0.25) is 0 Å². The summed E-state index contributed by atoms with van der Waals surface area (Å²) in [4.78, 5) is 11.0. The lowest BCUT2D eigenvalue weighted by molar-refractivity contribution is -0.119. The zero-order chi connectivity index (χ0) is 20.8. The Bertz CT molecular complexity index is 916. The van der Waals surface area contributed by atoms with Crippen LogP contribution in [0.3, 0.4) is 0 Å². The zero-order valence-corrected chi connectivity index (χ0v) is 15.7. The summed E-state index contributed by atoms with van der Waals surface area (Å²) in [6, 6.07) is 12.2. The van der Waals surface area contributed by atoms with E-state index in [1.54, 1.807) is 0 Å². The van der Waals surface area contributed by atoms with Crippen molar-refractivity contribution in [2.75, 3.05) is 25.5 Å². The molecule has 152 valence electrons. The Morgan fingerprint density at radius 2 is 1.79 bits per heavy atom. The summed E-state index contributed by atoms with van der Waals surface area (Å²) in [5.74, 6) is -0.291. The molecule has 2 N–H and O–H groups in total. The Kier molecular flexibility index (Phi) is 6.90. The number of ether oxygens (including phenoxy) is 1. The summed E-state index contributed by atoms with van der Waals surface area (Å²) < 4.78 is 66.3. The minimum Gasteiger partial charge on any atom is -0.495 e. The molecule has 2 rings (SSSR count). The Morgan fingerprint density at radius 3 is 2.39 bits per heavy atom. The molecule has 0 heterocycles. The molecule has 0 saturated heterocycles. The van der Waals surface area contributed by atoms with Crippen LogP contribution in [0.5, 0.6) is 5.75 Å². The van der Waals surface area contributed by atoms with E-state index in [4.69, 9.17) is 4.74 Å². The Balaban J connectivity index is 2.00. The number of carbonyl (C=O) groups is 1. The predicted octanol–water partition coefficient (Wildman–Crippen LogP) is 2.76. The highest BCUT2D eigenvalue weighted by molar-refractivity contribution is 7.92. The fourth-order valence-electron chi connectivity index (χ4n) is 2.35. The highest BCUT2D eigenvalue weighted by Gasteiger charge is 2.47. The second kappa shape index (κ2) is 8.96. The van der Waals surface area contributed by atoms with E-state index in [-0.39, 0.29) is 18.0 Å². The van der Waals surface area contributed by atoms with Gasteiger partial charge in [0.15, 0.2) is 0 Å². The minimum absolute atomic E-state index is 0.0361. The predicted molar refractivity (Wildman–Crippen MR) is 97.9 cm³/mol. The molecule has 0 spiro atoms. The summed E-state index contributed by atoms with van der Waals surface area (Å²) in [6.45, 7) is 0.116. The van der Waals surface area contributed by atoms with Crippen molar-refractivity contribution < 1.29 is 31.1 Å². The highest BCUT2D eigenvalue weighted by Crippen LogP contribution is 2.34. The average molecular weight is 416 g/mol. The lowest BCUT2D eigenvalue weighted by Gasteiger charge is -2.14. The number of halogens is 3. The summed E-state index contributed by atoms with van der Waals surface area (Å²) in [5, 5.41) is 5.28. The van der Waals surface area contributed by atoms with Gasteiger partial charge in [-0.2, -0.15) is 13.2 Å². The van der Waals surface area contributed by atoms with Crippen LogP contribution < -0.4 is 15.4 Å². The molecule has 0 aliphatic heterocycles. The van der Waals surface area contributed by atoms with Crippen molar-refractivity contribution in [2.45, 2.75) is 16.8 Å². The number of sulfone groups is 1. The number of amides is 1. The van der Waals surface area contributed by atoms with Gasteiger partial charge in [-0.15, -0.1) is 0 Å². The van der Waals surface area contributed by atoms with Crippen molar-refractivity contribution in [1.29, 1.82) is 0 Å². The fourth-order valence-corrected chi connectivity index (χ4v) is 3.14. The van der Waals surface area contributed by atoms with Gasteiger partial charge in [-0.25, -0.2) is 8.42 Å². The van der Waals surface area contributed by atoms with Crippen LogP contribution in [0.1, 0.15) is 5.56 Å². The molecule has 6 nitrogen and oxygen atoms in total. The standard InChI is InChI=1S/C18H19F3N2O4S/c1-27-16-8-7-14(28(25,26)18(19,20)21)11-15(16)23-12-17(24)22-10-9-13-5-3-2-4-6-13/h2-8,11,23H,9-10,12H2,1H3,(H,22,24). The zero-order valence-electron chi connectivity index (χ0n) is 14.9. The van der Waals surface area contributed by atoms with E-state index in [1.807, 2.05) is 30.3 Å². The first kappa shape index (κ1) is 21.5. The lowest BCUT2D eigenvalue weighted by atomic mass is 10.1. The van der Waals surface area contributed by atoms with Gasteiger partial charge in [0.25, 0.3) is 9.84 Å². The van der Waals surface area contributed by atoms with Crippen molar-refractivity contribution in [3.05, 3.63) is 54.1 Å². The number of benzene rings is 2. The van der Waals surface area contributed by atoms with Gasteiger partial charge in [0.1, 0.15) is 5.75 Å². The van der Waals surface area contributed by atoms with Gasteiger partial charge in [0.2, 0.25) is 5.91 Å². The topological polar surface area (TPSA) is 84.5 Å². The number of hydrogen-bond donors (Lipinski definition) is 2. The number of rotatable bonds is 8. The van der Waals surface area contributed by atoms with Crippen molar-refractivity contribution in [3.63, 3.8) is 0 Å². The molecule has 0 aromatic heterocycles. The normalized spacial score (nSPS) is 11.7. The maximum Gasteiger partial charge on any atom is 0.501 e. The third-order valence-electron chi connectivity index (χ3n) is 3.80. The van der Waals surface area contributed by atoms with Gasteiger partial charge in [0, 0.05) is 6.54 Å². The third-order valence-corrected chi connectivity index (χ3v) is 5.29. The van der Waals surface area contributed by atoms with Crippen molar-refractivity contribution in [3.8, 4) is 5.75 Å². The van der Waals surface area contributed by atoms with E-state index >= 15 is 0 Å². The number of anilines is 1. The van der Waals surface area contributed by atoms with Gasteiger partial charge in [-0.1, -0.05) is 30.3 Å². The molecular weight excluding hydrogens is 397 g/mol. The molecule has 1 amide bonds. The highest BCUT2D eigenvalue weighted by atomic mass is 32.2. The fraction of sp³-hybridized carbons (Fsp3) is 0.278. The van der Waals surface area contributed by atoms with Crippen LogP contribution in [-0.2, 0) is 21.1 Å². The summed E-state index contributed by atoms with van der Waals surface area (Å²) >= 11 is 0. The van der Waals surface area contributed by atoms with Crippen LogP contribution in [0.4, 0.5) is 18.9 Å². The number of methoxy groups -OCH3 is 1. The summed E-state index contributed by atoms with van der Waals surface area (Å²) in [6.07, 6.45) is 0.620. The number of nitrogens with one attached hydrogen (secondary N) is 2. The molecular formula is C18H19F3N2O4S. The quantitative estimate of drug-likeness (QED) is 0.691. The van der Waals surface area contributed by atoms with E-state index in [0.29, 0.717) is 13.0 Å². The maximum absolute atomic E-state index is 12.7. The molecule has 0 aliphatic carbocycles. The SMILES string of the molecule is COc1ccc(S(=O)(=O)C(F)(F)F)cc1NCC(=O)NCCc1ccccc1. The second-order valence-corrected chi connectivity index (χ2v) is 7.69. The van der Waals surface area contributed by atoms with Crippen LogP contribution in [-0.4, -0.2) is 40.0 Å². The van der Waals surface area contributed by atoms with Gasteiger partial charge in [0.05, 0.1) is 24.2 Å². The first-order valence-corrected chi connectivity index (χ1v) is 9.67. The average Bonchev–Trinajstić information content (AvgIpc) is 2.66. The minimum atomic E-state index is -5.50. The molecule has 0 radical (unpaired) electrons. The Labute approximate surface area is 160 Å². The molecule has 0 saturated carbocycles. The van der Waals surface area contributed by atoms with Gasteiger partial charge in [-0.3, -0.25) is 4.79 Å². The lowest BCUT2D eigenvalue weighted by Crippen LogP contribution is -2.31. The second-order valence-electron chi connectivity index (χ2n) is 5.75. The van der Waals surface area contributed by atoms with E-state index in [0.717, 1.165) is 23.8 Å². The first-order valence-electron chi connectivity index (χ1n) is 8.19. The van der Waals surface area contributed by atoms with Crippen molar-refractivity contribution >= 4 is 21.4 Å². The number of alkyl halides is 3. The molecule has 0 fully saturated rings. The van der Waals surface area contributed by atoms with Crippen molar-refractivity contribution in [1.82, 2.24) is 5.32 Å². The monoisotopic (exact) mass is 416 g/mol. The van der Waals surface area contributed by atoms with E-state index < -0.39 is 26.1 Å². The summed E-state index contributed by atoms with van der Waals surface area (Å²) in [7, 11) is -4.23. The Morgan fingerprint density at radius 1 is 1.11 bits per heavy atom. The molecule has 2 aromatic rings. The van der Waals surface area contributed by atoms with Crippen LogP contribution in [0.25, 0.3) is 0 Å². The first-order chi connectivity index (χ1) is 13.1. The van der Waals surface area contributed by atoms with E-state index in [9.17, 15) is 26.4 Å². The smallest absolute Gasteiger partial charge is 0.495 e. The Hall–Kier alpha value is -2.75. The molecule has 2 aromatic carbocycles. The number of hydrogen-bond acceptors (Lipinski definition) is 5. The van der Waals surface area contributed by atoms with Crippen LogP contribution >= 0.6 is 0 Å². The molecule has 0 bridgehead atoms. The third kappa shape index (κ3) is 5.38. The largest absolute Gasteiger partial charge is 0.501 e. The number of carbonyl (C=O) groups excluding carboxylic acids is 1. The van der Waals surface area contributed by atoms with Crippen LogP contribution in [0.15, 0.2) is 53.4 Å². The van der Waals surface area contributed by atoms with Gasteiger partial charge < -0.3 is 15.4 Å². The maximum atomic E-state index is 12.7. The molecule has 0 atom stereocenters. The summed E-state index contributed by atoms with van der Waals surface area (Å²) in [5.41, 5.74) is -4.42. The molecule has 0 aliphatic rings.